The summed E-state index contributed by atoms with van der Waals surface area (Å²) < 4.78 is 2.34. The first-order valence-electron chi connectivity index (χ1n) is 8.76. The van der Waals surface area contributed by atoms with Gasteiger partial charge in [-0.05, 0) is 16.7 Å². The number of benzene rings is 3. The Balaban J connectivity index is 2.15. The van der Waals surface area contributed by atoms with Gasteiger partial charge in [0.05, 0.1) is 0 Å². The molecule has 3 aromatic carbocycles. The molecule has 4 aromatic rings. The molecule has 1 heterocycles. The quantitative estimate of drug-likeness (QED) is 0.255. The Hall–Kier alpha value is -3.00. The monoisotopic (exact) mass is 480 g/mol. The summed E-state index contributed by atoms with van der Waals surface area (Å²) in [5.74, 6) is 0.385. The lowest BCUT2D eigenvalue weighted by molar-refractivity contribution is -0.105. The standard InChI is InChI=1S/C22H17IN4O/c23-20-25-21(24-16-28)27(26-20)22(17-10-4-1-5-11-17,18-12-6-2-7-13-18)19-14-8-3-9-15-19/h1-16H,(H,24,25,26,28). The van der Waals surface area contributed by atoms with Crippen LogP contribution in [0.1, 0.15) is 16.7 Å². The third kappa shape index (κ3) is 3.09. The van der Waals surface area contributed by atoms with Crippen molar-refractivity contribution in [3.63, 3.8) is 0 Å². The van der Waals surface area contributed by atoms with Crippen molar-refractivity contribution in [3.05, 3.63) is 112 Å². The number of nitrogens with zero attached hydrogens (tertiary/aromatic N) is 3. The number of amides is 1. The van der Waals surface area contributed by atoms with E-state index in [0.717, 1.165) is 16.7 Å². The van der Waals surface area contributed by atoms with Crippen molar-refractivity contribution in [2.24, 2.45) is 0 Å². The number of anilines is 1. The molecule has 0 fully saturated rings. The molecule has 0 saturated heterocycles. The van der Waals surface area contributed by atoms with Crippen LogP contribution in [0.4, 0.5) is 5.95 Å². The van der Waals surface area contributed by atoms with Crippen LogP contribution < -0.4 is 5.32 Å². The maximum Gasteiger partial charge on any atom is 0.230 e. The topological polar surface area (TPSA) is 59.8 Å². The molecule has 1 aromatic heterocycles. The highest BCUT2D eigenvalue weighted by atomic mass is 127. The fraction of sp³-hybridized carbons (Fsp3) is 0.0455. The Bertz CT molecular complexity index is 969. The van der Waals surface area contributed by atoms with Gasteiger partial charge in [-0.1, -0.05) is 91.0 Å². The van der Waals surface area contributed by atoms with E-state index in [1.54, 1.807) is 4.68 Å². The van der Waals surface area contributed by atoms with Crippen molar-refractivity contribution in [2.75, 3.05) is 5.32 Å². The smallest absolute Gasteiger partial charge is 0.230 e. The van der Waals surface area contributed by atoms with Crippen LogP contribution in [0.5, 0.6) is 0 Å². The third-order valence-electron chi connectivity index (χ3n) is 4.66. The fourth-order valence-electron chi connectivity index (χ4n) is 3.57. The maximum absolute atomic E-state index is 11.3. The Labute approximate surface area is 176 Å². The summed E-state index contributed by atoms with van der Waals surface area (Å²) in [5.41, 5.74) is 2.25. The summed E-state index contributed by atoms with van der Waals surface area (Å²) in [4.78, 5) is 15.7. The van der Waals surface area contributed by atoms with Crippen molar-refractivity contribution in [3.8, 4) is 0 Å². The van der Waals surface area contributed by atoms with Crippen LogP contribution in [-0.4, -0.2) is 21.2 Å². The van der Waals surface area contributed by atoms with Crippen molar-refractivity contribution in [2.45, 2.75) is 5.54 Å². The zero-order valence-electron chi connectivity index (χ0n) is 14.9. The summed E-state index contributed by atoms with van der Waals surface area (Å²) in [5, 5.41) is 7.42. The normalized spacial score (nSPS) is 11.2. The van der Waals surface area contributed by atoms with Crippen LogP contribution in [-0.2, 0) is 10.3 Å². The van der Waals surface area contributed by atoms with E-state index < -0.39 is 5.54 Å². The van der Waals surface area contributed by atoms with Gasteiger partial charge < -0.3 is 0 Å². The Morgan fingerprint density at radius 3 is 1.61 bits per heavy atom. The molecule has 1 N–H and O–H groups in total. The van der Waals surface area contributed by atoms with E-state index in [-0.39, 0.29) is 0 Å². The SMILES string of the molecule is O=CNc1nc(I)nn1C(c1ccccc1)(c1ccccc1)c1ccccc1. The first-order chi connectivity index (χ1) is 13.8. The van der Waals surface area contributed by atoms with Gasteiger partial charge in [0, 0.05) is 22.6 Å². The van der Waals surface area contributed by atoms with Crippen molar-refractivity contribution >= 4 is 34.9 Å². The summed E-state index contributed by atoms with van der Waals surface area (Å²) in [6.07, 6.45) is 0.627. The predicted molar refractivity (Wildman–Crippen MR) is 117 cm³/mol. The lowest BCUT2D eigenvalue weighted by atomic mass is 9.77. The first-order valence-corrected chi connectivity index (χ1v) is 9.84. The summed E-state index contributed by atoms with van der Waals surface area (Å²) in [7, 11) is 0. The van der Waals surface area contributed by atoms with Gasteiger partial charge in [0.1, 0.15) is 5.54 Å². The molecule has 0 saturated carbocycles. The van der Waals surface area contributed by atoms with Crippen LogP contribution in [0.2, 0.25) is 0 Å². The van der Waals surface area contributed by atoms with E-state index in [0.29, 0.717) is 16.2 Å². The fourth-order valence-corrected chi connectivity index (χ4v) is 4.02. The van der Waals surface area contributed by atoms with Gasteiger partial charge in [-0.2, -0.15) is 4.98 Å². The Morgan fingerprint density at radius 2 is 1.21 bits per heavy atom. The zero-order valence-corrected chi connectivity index (χ0v) is 17.0. The van der Waals surface area contributed by atoms with Crippen LogP contribution in [0.3, 0.4) is 0 Å². The number of carbonyl (C=O) groups is 1. The third-order valence-corrected chi connectivity index (χ3v) is 5.12. The number of halogens is 1. The molecule has 1 amide bonds. The first kappa shape index (κ1) is 18.4. The molecule has 0 unspecified atom stereocenters. The molecular formula is C22H17IN4O. The lowest BCUT2D eigenvalue weighted by Crippen LogP contribution is -2.39. The van der Waals surface area contributed by atoms with Gasteiger partial charge in [-0.15, -0.1) is 5.10 Å². The number of carbonyl (C=O) groups excluding carboxylic acids is 1. The minimum atomic E-state index is -0.800. The van der Waals surface area contributed by atoms with E-state index >= 15 is 0 Å². The minimum Gasteiger partial charge on any atom is -0.297 e. The Morgan fingerprint density at radius 1 is 0.786 bits per heavy atom. The molecule has 0 aliphatic carbocycles. The van der Waals surface area contributed by atoms with Crippen LogP contribution in [0, 0.1) is 3.83 Å². The zero-order chi connectivity index (χ0) is 19.4. The highest BCUT2D eigenvalue weighted by Gasteiger charge is 2.41. The number of hydrogen-bond donors (Lipinski definition) is 1. The molecule has 138 valence electrons. The van der Waals surface area contributed by atoms with Gasteiger partial charge in [-0.3, -0.25) is 10.1 Å². The molecule has 0 bridgehead atoms. The molecule has 5 nitrogen and oxygen atoms in total. The second-order valence-corrected chi connectivity index (χ2v) is 7.15. The molecule has 0 spiro atoms. The average Bonchev–Trinajstić information content (AvgIpc) is 3.12. The molecule has 0 aliphatic heterocycles. The molecule has 0 aliphatic rings. The number of nitrogens with one attached hydrogen (secondary N) is 1. The molecular weight excluding hydrogens is 463 g/mol. The van der Waals surface area contributed by atoms with Crippen molar-refractivity contribution in [1.82, 2.24) is 14.8 Å². The van der Waals surface area contributed by atoms with Gasteiger partial charge in [0.25, 0.3) is 0 Å². The molecule has 4 rings (SSSR count). The predicted octanol–water partition coefficient (Wildman–Crippen LogP) is 4.29. The van der Waals surface area contributed by atoms with E-state index in [4.69, 9.17) is 5.10 Å². The van der Waals surface area contributed by atoms with Gasteiger partial charge in [0.15, 0.2) is 0 Å². The number of hydrogen-bond acceptors (Lipinski definition) is 3. The second kappa shape index (κ2) is 7.93. The molecule has 0 atom stereocenters. The van der Waals surface area contributed by atoms with E-state index in [2.05, 4.69) is 69.3 Å². The van der Waals surface area contributed by atoms with Gasteiger partial charge in [0.2, 0.25) is 16.2 Å². The van der Waals surface area contributed by atoms with Crippen LogP contribution in [0.25, 0.3) is 0 Å². The number of aromatic nitrogens is 3. The van der Waals surface area contributed by atoms with Gasteiger partial charge in [-0.25, -0.2) is 4.68 Å². The Kier molecular flexibility index (Phi) is 5.21. The largest absolute Gasteiger partial charge is 0.297 e. The maximum atomic E-state index is 11.3. The van der Waals surface area contributed by atoms with Gasteiger partial charge >= 0.3 is 0 Å². The van der Waals surface area contributed by atoms with Crippen LogP contribution in [0.15, 0.2) is 91.0 Å². The van der Waals surface area contributed by atoms with Crippen LogP contribution >= 0.6 is 22.6 Å². The highest BCUT2D eigenvalue weighted by Crippen LogP contribution is 2.41. The number of rotatable bonds is 6. The van der Waals surface area contributed by atoms with Crippen molar-refractivity contribution < 1.29 is 4.79 Å². The summed E-state index contributed by atoms with van der Waals surface area (Å²) in [6, 6.07) is 30.4. The van der Waals surface area contributed by atoms with E-state index in [1.807, 2.05) is 54.6 Å². The van der Waals surface area contributed by atoms with E-state index in [1.165, 1.54) is 0 Å². The summed E-state index contributed by atoms with van der Waals surface area (Å²) in [6.45, 7) is 0. The summed E-state index contributed by atoms with van der Waals surface area (Å²) >= 11 is 2.07. The minimum absolute atomic E-state index is 0.385. The second-order valence-electron chi connectivity index (χ2n) is 6.19. The molecule has 28 heavy (non-hydrogen) atoms. The highest BCUT2D eigenvalue weighted by molar-refractivity contribution is 14.1. The van der Waals surface area contributed by atoms with Crippen molar-refractivity contribution in [1.29, 1.82) is 0 Å². The molecule has 0 radical (unpaired) electrons. The lowest BCUT2D eigenvalue weighted by Gasteiger charge is -2.36. The molecule has 6 heteroatoms. The average molecular weight is 480 g/mol. The van der Waals surface area contributed by atoms with E-state index in [9.17, 15) is 4.79 Å².